The van der Waals surface area contributed by atoms with Crippen LogP contribution in [-0.4, -0.2) is 0 Å². The van der Waals surface area contributed by atoms with E-state index in [2.05, 4.69) is 0 Å². The zero-order valence-corrected chi connectivity index (χ0v) is 14.8. The number of hydrogen-bond donors (Lipinski definition) is 0. The molecule has 6 unspecified atom stereocenters. The van der Waals surface area contributed by atoms with E-state index in [4.69, 9.17) is 0 Å². The first kappa shape index (κ1) is 15.5. The van der Waals surface area contributed by atoms with Crippen LogP contribution < -0.4 is 0 Å². The fraction of sp³-hybridized carbons (Fsp3) is 1.00. The maximum absolute atomic E-state index is 1.61. The van der Waals surface area contributed by atoms with Crippen LogP contribution in [0.25, 0.3) is 0 Å². The van der Waals surface area contributed by atoms with Crippen LogP contribution in [0.4, 0.5) is 0 Å². The van der Waals surface area contributed by atoms with Crippen molar-refractivity contribution in [3.63, 3.8) is 0 Å². The van der Waals surface area contributed by atoms with E-state index in [0.717, 1.165) is 35.5 Å². The predicted molar refractivity (Wildman–Crippen MR) is 94.8 cm³/mol. The molecule has 4 rings (SSSR count). The minimum Gasteiger partial charge on any atom is -0.0530 e. The van der Waals surface area contributed by atoms with Crippen LogP contribution in [0.2, 0.25) is 0 Å². The van der Waals surface area contributed by atoms with Crippen molar-refractivity contribution in [2.24, 2.45) is 35.5 Å². The molecular formula is C22H38. The molecule has 0 aromatic heterocycles. The maximum Gasteiger partial charge on any atom is -0.0357 e. The molecule has 4 fully saturated rings. The molecule has 126 valence electrons. The fourth-order valence-corrected chi connectivity index (χ4v) is 7.29. The van der Waals surface area contributed by atoms with Crippen molar-refractivity contribution in [3.05, 3.63) is 0 Å². The summed E-state index contributed by atoms with van der Waals surface area (Å²) in [5.41, 5.74) is 0. The minimum absolute atomic E-state index is 1.13. The van der Waals surface area contributed by atoms with Crippen molar-refractivity contribution in [1.29, 1.82) is 0 Å². The van der Waals surface area contributed by atoms with E-state index in [0.29, 0.717) is 0 Å². The molecule has 0 aromatic rings. The Balaban J connectivity index is 1.33. The van der Waals surface area contributed by atoms with Crippen molar-refractivity contribution in [2.45, 2.75) is 103 Å². The quantitative estimate of drug-likeness (QED) is 0.527. The summed E-state index contributed by atoms with van der Waals surface area (Å²) in [7, 11) is 0. The molecule has 0 aromatic carbocycles. The molecule has 0 saturated heterocycles. The number of fused-ring (bicyclic) bond motifs is 2. The lowest BCUT2D eigenvalue weighted by Crippen LogP contribution is -2.33. The van der Waals surface area contributed by atoms with Crippen molar-refractivity contribution < 1.29 is 0 Å². The van der Waals surface area contributed by atoms with Gasteiger partial charge in [0.2, 0.25) is 0 Å². The van der Waals surface area contributed by atoms with Gasteiger partial charge >= 0.3 is 0 Å². The Morgan fingerprint density at radius 3 is 1.32 bits per heavy atom. The Bertz CT molecular complexity index is 308. The van der Waals surface area contributed by atoms with E-state index in [1.54, 1.807) is 103 Å². The Kier molecular flexibility index (Phi) is 5.13. The van der Waals surface area contributed by atoms with Gasteiger partial charge in [-0.05, 0) is 61.2 Å². The molecule has 0 nitrogen and oxygen atoms in total. The van der Waals surface area contributed by atoms with Crippen LogP contribution in [-0.2, 0) is 0 Å². The molecule has 0 amide bonds. The van der Waals surface area contributed by atoms with Crippen LogP contribution in [0.3, 0.4) is 0 Å². The van der Waals surface area contributed by atoms with Gasteiger partial charge in [0, 0.05) is 0 Å². The SMILES string of the molecule is C1CCC2C(C1)CCCC2CCC1CCCC2CCCCC21. The van der Waals surface area contributed by atoms with Crippen molar-refractivity contribution in [3.8, 4) is 0 Å². The second-order valence-corrected chi connectivity index (χ2v) is 9.38. The first-order valence-electron chi connectivity index (χ1n) is 10.9. The molecule has 4 aliphatic carbocycles. The van der Waals surface area contributed by atoms with Gasteiger partial charge in [-0.25, -0.2) is 0 Å². The van der Waals surface area contributed by atoms with Gasteiger partial charge in [-0.3, -0.25) is 0 Å². The largest absolute Gasteiger partial charge is 0.0530 e. The summed E-state index contributed by atoms with van der Waals surface area (Å²) in [5.74, 6) is 6.83. The highest BCUT2D eigenvalue weighted by Gasteiger charge is 2.37. The minimum atomic E-state index is 1.13. The van der Waals surface area contributed by atoms with E-state index in [9.17, 15) is 0 Å². The molecule has 22 heavy (non-hydrogen) atoms. The number of rotatable bonds is 3. The molecule has 0 radical (unpaired) electrons. The highest BCUT2D eigenvalue weighted by atomic mass is 14.4. The molecule has 0 heterocycles. The summed E-state index contributed by atoms with van der Waals surface area (Å²) in [6, 6.07) is 0. The average molecular weight is 303 g/mol. The zero-order valence-electron chi connectivity index (χ0n) is 14.8. The third-order valence-electron chi connectivity index (χ3n) is 8.35. The van der Waals surface area contributed by atoms with Gasteiger partial charge in [0.05, 0.1) is 0 Å². The summed E-state index contributed by atoms with van der Waals surface area (Å²) in [6.07, 6.45) is 25.2. The molecule has 0 spiro atoms. The van der Waals surface area contributed by atoms with Gasteiger partial charge in [-0.1, -0.05) is 77.0 Å². The zero-order chi connectivity index (χ0) is 14.8. The van der Waals surface area contributed by atoms with Gasteiger partial charge < -0.3 is 0 Å². The third-order valence-corrected chi connectivity index (χ3v) is 8.35. The molecule has 0 aliphatic heterocycles. The highest BCUT2D eigenvalue weighted by molar-refractivity contribution is 4.88. The van der Waals surface area contributed by atoms with Gasteiger partial charge in [-0.15, -0.1) is 0 Å². The Morgan fingerprint density at radius 2 is 0.818 bits per heavy atom. The van der Waals surface area contributed by atoms with E-state index >= 15 is 0 Å². The van der Waals surface area contributed by atoms with E-state index in [-0.39, 0.29) is 0 Å². The summed E-state index contributed by atoms with van der Waals surface area (Å²) in [4.78, 5) is 0. The smallest absolute Gasteiger partial charge is 0.0357 e. The number of hydrogen-bond acceptors (Lipinski definition) is 0. The molecule has 0 N–H and O–H groups in total. The van der Waals surface area contributed by atoms with Crippen LogP contribution in [0, 0.1) is 35.5 Å². The van der Waals surface area contributed by atoms with Crippen molar-refractivity contribution >= 4 is 0 Å². The third kappa shape index (κ3) is 3.27. The molecule has 0 bridgehead atoms. The first-order chi connectivity index (χ1) is 10.9. The van der Waals surface area contributed by atoms with Gasteiger partial charge in [0.15, 0.2) is 0 Å². The van der Waals surface area contributed by atoms with E-state index in [1.807, 2.05) is 0 Å². The van der Waals surface area contributed by atoms with Gasteiger partial charge in [-0.2, -0.15) is 0 Å². The van der Waals surface area contributed by atoms with Crippen molar-refractivity contribution in [1.82, 2.24) is 0 Å². The predicted octanol–water partition coefficient (Wildman–Crippen LogP) is 6.98. The van der Waals surface area contributed by atoms with Gasteiger partial charge in [0.25, 0.3) is 0 Å². The molecule has 6 atom stereocenters. The Hall–Kier alpha value is 0. The summed E-state index contributed by atoms with van der Waals surface area (Å²) in [6.45, 7) is 0. The van der Waals surface area contributed by atoms with Crippen LogP contribution in [0.5, 0.6) is 0 Å². The second kappa shape index (κ2) is 7.27. The summed E-state index contributed by atoms with van der Waals surface area (Å²) >= 11 is 0. The lowest BCUT2D eigenvalue weighted by atomic mass is 9.61. The molecule has 4 aliphatic rings. The fourth-order valence-electron chi connectivity index (χ4n) is 7.29. The van der Waals surface area contributed by atoms with Gasteiger partial charge in [0.1, 0.15) is 0 Å². The topological polar surface area (TPSA) is 0 Å². The monoisotopic (exact) mass is 302 g/mol. The lowest BCUT2D eigenvalue weighted by Gasteiger charge is -2.44. The molecule has 4 saturated carbocycles. The lowest BCUT2D eigenvalue weighted by molar-refractivity contribution is 0.0658. The van der Waals surface area contributed by atoms with Crippen LogP contribution >= 0.6 is 0 Å². The maximum atomic E-state index is 1.61. The Morgan fingerprint density at radius 1 is 0.409 bits per heavy atom. The first-order valence-corrected chi connectivity index (χ1v) is 10.9. The highest BCUT2D eigenvalue weighted by Crippen LogP contribution is 2.49. The Labute approximate surface area is 138 Å². The van der Waals surface area contributed by atoms with E-state index in [1.165, 1.54) is 0 Å². The van der Waals surface area contributed by atoms with Crippen LogP contribution in [0.15, 0.2) is 0 Å². The average Bonchev–Trinajstić information content (AvgIpc) is 2.60. The molecular weight excluding hydrogens is 264 g/mol. The second-order valence-electron chi connectivity index (χ2n) is 9.38. The standard InChI is InChI=1S/C22H38/c1-3-13-21-17(7-1)9-5-11-19(21)15-16-20-12-6-10-18-8-2-4-14-22(18)20/h17-22H,1-16H2. The van der Waals surface area contributed by atoms with Crippen molar-refractivity contribution in [2.75, 3.05) is 0 Å². The normalized spacial score (nSPS) is 45.8. The van der Waals surface area contributed by atoms with E-state index < -0.39 is 0 Å². The summed E-state index contributed by atoms with van der Waals surface area (Å²) in [5, 5.41) is 0. The summed E-state index contributed by atoms with van der Waals surface area (Å²) < 4.78 is 0. The molecule has 0 heteroatoms. The van der Waals surface area contributed by atoms with Crippen LogP contribution in [0.1, 0.15) is 103 Å².